The van der Waals surface area contributed by atoms with Crippen LogP contribution in [0.15, 0.2) is 30.3 Å². The molecule has 20 heavy (non-hydrogen) atoms. The van der Waals surface area contributed by atoms with Crippen LogP contribution in [0.1, 0.15) is 36.0 Å². The molecule has 0 radical (unpaired) electrons. The number of carbonyl (C=O) groups excluding carboxylic acids is 1. The number of hydrogen-bond donors (Lipinski definition) is 0. The topological polar surface area (TPSA) is 29.5 Å². The van der Waals surface area contributed by atoms with Gasteiger partial charge in [0.2, 0.25) is 0 Å². The molecule has 3 rings (SSSR count). The molecule has 3 nitrogen and oxygen atoms in total. The number of alkyl halides is 1. The quantitative estimate of drug-likeness (QED) is 0.793. The highest BCUT2D eigenvalue weighted by Crippen LogP contribution is 2.42. The molecule has 2 atom stereocenters. The van der Waals surface area contributed by atoms with Gasteiger partial charge in [-0.05, 0) is 44.4 Å². The summed E-state index contributed by atoms with van der Waals surface area (Å²) in [5, 5.41) is 0. The first-order valence-electron chi connectivity index (χ1n) is 7.30. The van der Waals surface area contributed by atoms with Gasteiger partial charge in [-0.25, -0.2) is 9.18 Å². The lowest BCUT2D eigenvalue weighted by Crippen LogP contribution is -2.46. The van der Waals surface area contributed by atoms with Crippen LogP contribution in [0, 0.1) is 0 Å². The minimum absolute atomic E-state index is 0.0212. The zero-order valence-corrected chi connectivity index (χ0v) is 11.6. The summed E-state index contributed by atoms with van der Waals surface area (Å²) in [6.07, 6.45) is 3.88. The number of carbonyl (C=O) groups is 1. The van der Waals surface area contributed by atoms with E-state index >= 15 is 0 Å². The molecule has 0 saturated carbocycles. The lowest BCUT2D eigenvalue weighted by Gasteiger charge is -2.33. The maximum Gasteiger partial charge on any atom is 0.338 e. The zero-order valence-electron chi connectivity index (χ0n) is 11.6. The van der Waals surface area contributed by atoms with E-state index in [0.717, 1.165) is 32.2 Å². The number of hydrogen-bond acceptors (Lipinski definition) is 3. The Labute approximate surface area is 118 Å². The molecule has 0 N–H and O–H groups in total. The standard InChI is InChI=1S/C16H20FNO2/c17-11-14-7-9-16(8-4-10-18(14)16)12-20-15(19)13-5-2-1-3-6-13/h1-3,5-6,14H,4,7-12H2/t14-,16+/m0/s1. The fraction of sp³-hybridized carbons (Fsp3) is 0.562. The van der Waals surface area contributed by atoms with Gasteiger partial charge >= 0.3 is 5.97 Å². The highest BCUT2D eigenvalue weighted by atomic mass is 19.1. The summed E-state index contributed by atoms with van der Waals surface area (Å²) in [7, 11) is 0. The molecule has 0 unspecified atom stereocenters. The van der Waals surface area contributed by atoms with Crippen molar-refractivity contribution in [2.75, 3.05) is 19.8 Å². The molecule has 1 aromatic rings. The molecule has 2 aliphatic heterocycles. The van der Waals surface area contributed by atoms with Crippen molar-refractivity contribution in [3.63, 3.8) is 0 Å². The van der Waals surface area contributed by atoms with E-state index in [1.165, 1.54) is 0 Å². The molecular formula is C16H20FNO2. The summed E-state index contributed by atoms with van der Waals surface area (Å²) in [4.78, 5) is 14.3. The average molecular weight is 277 g/mol. The molecule has 108 valence electrons. The van der Waals surface area contributed by atoms with Crippen molar-refractivity contribution in [1.29, 1.82) is 0 Å². The number of halogens is 1. The number of fused-ring (bicyclic) bond motifs is 1. The van der Waals surface area contributed by atoms with Gasteiger partial charge in [0.1, 0.15) is 13.3 Å². The SMILES string of the molecule is O=C(OC[C@]12CCCN1[C@H](CF)CC2)c1ccccc1. The molecule has 2 aliphatic rings. The Hall–Kier alpha value is -1.42. The van der Waals surface area contributed by atoms with Crippen LogP contribution in [0.4, 0.5) is 4.39 Å². The van der Waals surface area contributed by atoms with Crippen molar-refractivity contribution in [3.05, 3.63) is 35.9 Å². The van der Waals surface area contributed by atoms with Gasteiger partial charge in [-0.1, -0.05) is 18.2 Å². The molecule has 2 fully saturated rings. The maximum absolute atomic E-state index is 13.0. The summed E-state index contributed by atoms with van der Waals surface area (Å²) < 4.78 is 18.5. The van der Waals surface area contributed by atoms with E-state index in [0.29, 0.717) is 12.2 Å². The van der Waals surface area contributed by atoms with Crippen LogP contribution in [0.3, 0.4) is 0 Å². The predicted octanol–water partition coefficient (Wildman–Crippen LogP) is 2.81. The van der Waals surface area contributed by atoms with Gasteiger partial charge in [-0.15, -0.1) is 0 Å². The number of benzene rings is 1. The van der Waals surface area contributed by atoms with Crippen molar-refractivity contribution in [1.82, 2.24) is 4.90 Å². The Balaban J connectivity index is 1.65. The molecule has 0 amide bonds. The molecule has 1 aromatic carbocycles. The first-order valence-corrected chi connectivity index (χ1v) is 7.30. The van der Waals surface area contributed by atoms with Crippen LogP contribution in [0.25, 0.3) is 0 Å². The first-order chi connectivity index (χ1) is 9.75. The Morgan fingerprint density at radius 1 is 1.35 bits per heavy atom. The Morgan fingerprint density at radius 3 is 2.90 bits per heavy atom. The molecular weight excluding hydrogens is 257 g/mol. The van der Waals surface area contributed by atoms with Crippen LogP contribution in [-0.4, -0.2) is 42.3 Å². The van der Waals surface area contributed by atoms with E-state index < -0.39 is 0 Å². The lowest BCUT2D eigenvalue weighted by molar-refractivity contribution is 0.0182. The fourth-order valence-corrected chi connectivity index (χ4v) is 3.63. The minimum atomic E-state index is -0.297. The second-order valence-corrected chi connectivity index (χ2v) is 5.81. The summed E-state index contributed by atoms with van der Waals surface area (Å²) in [6.45, 7) is 1.02. The largest absolute Gasteiger partial charge is 0.460 e. The van der Waals surface area contributed by atoms with Gasteiger partial charge in [0.15, 0.2) is 0 Å². The van der Waals surface area contributed by atoms with Crippen molar-refractivity contribution in [3.8, 4) is 0 Å². The van der Waals surface area contributed by atoms with Gasteiger partial charge in [0, 0.05) is 6.04 Å². The Kier molecular flexibility index (Phi) is 3.74. The third-order valence-electron chi connectivity index (χ3n) is 4.69. The van der Waals surface area contributed by atoms with E-state index in [4.69, 9.17) is 4.74 Å². The van der Waals surface area contributed by atoms with Gasteiger partial charge < -0.3 is 4.74 Å². The minimum Gasteiger partial charge on any atom is -0.460 e. The Morgan fingerprint density at radius 2 is 2.15 bits per heavy atom. The highest BCUT2D eigenvalue weighted by Gasteiger charge is 2.49. The summed E-state index contributed by atoms with van der Waals surface area (Å²) in [5.41, 5.74) is 0.467. The van der Waals surface area contributed by atoms with Crippen LogP contribution in [0.5, 0.6) is 0 Å². The maximum atomic E-state index is 13.0. The zero-order chi connectivity index (χ0) is 14.0. The van der Waals surface area contributed by atoms with Crippen molar-refractivity contribution >= 4 is 5.97 Å². The summed E-state index contributed by atoms with van der Waals surface area (Å²) >= 11 is 0. The average Bonchev–Trinajstić information content (AvgIpc) is 3.04. The number of ether oxygens (including phenoxy) is 1. The molecule has 4 heteroatoms. The van der Waals surface area contributed by atoms with E-state index in [1.54, 1.807) is 12.1 Å². The highest BCUT2D eigenvalue weighted by molar-refractivity contribution is 5.89. The second kappa shape index (κ2) is 5.52. The summed E-state index contributed by atoms with van der Waals surface area (Å²) in [6, 6.07) is 9.05. The fourth-order valence-electron chi connectivity index (χ4n) is 3.63. The summed E-state index contributed by atoms with van der Waals surface area (Å²) in [5.74, 6) is -0.282. The van der Waals surface area contributed by atoms with E-state index in [-0.39, 0.29) is 24.2 Å². The van der Waals surface area contributed by atoms with Crippen molar-refractivity contribution < 1.29 is 13.9 Å². The number of rotatable bonds is 4. The van der Waals surface area contributed by atoms with Crippen LogP contribution < -0.4 is 0 Å². The lowest BCUT2D eigenvalue weighted by atomic mass is 9.95. The first kappa shape index (κ1) is 13.6. The van der Waals surface area contributed by atoms with Crippen LogP contribution >= 0.6 is 0 Å². The third kappa shape index (κ3) is 2.33. The van der Waals surface area contributed by atoms with Gasteiger partial charge in [0.05, 0.1) is 11.1 Å². The van der Waals surface area contributed by atoms with Gasteiger partial charge in [0.25, 0.3) is 0 Å². The van der Waals surface area contributed by atoms with E-state index in [9.17, 15) is 9.18 Å². The molecule has 2 heterocycles. The predicted molar refractivity (Wildman–Crippen MR) is 74.4 cm³/mol. The molecule has 2 saturated heterocycles. The van der Waals surface area contributed by atoms with Crippen molar-refractivity contribution in [2.45, 2.75) is 37.3 Å². The number of nitrogens with zero attached hydrogens (tertiary/aromatic N) is 1. The number of esters is 1. The molecule has 0 aliphatic carbocycles. The molecule has 0 aromatic heterocycles. The molecule has 0 bridgehead atoms. The van der Waals surface area contributed by atoms with Gasteiger partial charge in [-0.3, -0.25) is 4.90 Å². The van der Waals surface area contributed by atoms with Crippen molar-refractivity contribution in [2.24, 2.45) is 0 Å². The monoisotopic (exact) mass is 277 g/mol. The second-order valence-electron chi connectivity index (χ2n) is 5.81. The smallest absolute Gasteiger partial charge is 0.338 e. The van der Waals surface area contributed by atoms with E-state index in [1.807, 2.05) is 18.2 Å². The third-order valence-corrected chi connectivity index (χ3v) is 4.69. The normalized spacial score (nSPS) is 29.4. The Bertz CT molecular complexity index is 479. The van der Waals surface area contributed by atoms with Crippen LogP contribution in [0.2, 0.25) is 0 Å². The van der Waals surface area contributed by atoms with E-state index in [2.05, 4.69) is 4.90 Å². The van der Waals surface area contributed by atoms with Gasteiger partial charge in [-0.2, -0.15) is 0 Å². The molecule has 0 spiro atoms. The van der Waals surface area contributed by atoms with Crippen LogP contribution in [-0.2, 0) is 4.74 Å².